The third-order valence-corrected chi connectivity index (χ3v) is 8.42. The zero-order valence-corrected chi connectivity index (χ0v) is 23.3. The summed E-state index contributed by atoms with van der Waals surface area (Å²) in [5.74, 6) is 0.136. The number of aromatic nitrogens is 2. The quantitative estimate of drug-likeness (QED) is 0.213. The molecule has 41 heavy (non-hydrogen) atoms. The molecule has 0 fully saturated rings. The first-order chi connectivity index (χ1) is 19.9. The lowest BCUT2D eigenvalue weighted by molar-refractivity contribution is -0.141. The van der Waals surface area contributed by atoms with Crippen LogP contribution in [0.15, 0.2) is 108 Å². The number of sulfonamides is 1. The molecule has 0 unspecified atom stereocenters. The Morgan fingerprint density at radius 2 is 1.61 bits per heavy atom. The van der Waals surface area contributed by atoms with Crippen molar-refractivity contribution in [3.63, 3.8) is 0 Å². The molecule has 0 aliphatic rings. The molecule has 0 radical (unpaired) electrons. The number of hydrogen-bond donors (Lipinski definition) is 0. The van der Waals surface area contributed by atoms with Crippen LogP contribution in [0.5, 0.6) is 0 Å². The number of benzene rings is 4. The van der Waals surface area contributed by atoms with Crippen LogP contribution >= 0.6 is 0 Å². The maximum atomic E-state index is 13.7. The summed E-state index contributed by atoms with van der Waals surface area (Å²) < 4.78 is 35.6. The summed E-state index contributed by atoms with van der Waals surface area (Å²) in [7, 11) is -4.07. The fourth-order valence-corrected chi connectivity index (χ4v) is 6.06. The van der Waals surface area contributed by atoms with Gasteiger partial charge in [0.15, 0.2) is 0 Å². The van der Waals surface area contributed by atoms with Crippen LogP contribution in [0.3, 0.4) is 0 Å². The summed E-state index contributed by atoms with van der Waals surface area (Å²) in [5, 5.41) is 9.16. The Morgan fingerprint density at radius 3 is 2.27 bits per heavy atom. The lowest BCUT2D eigenvalue weighted by atomic mass is 10.1. The van der Waals surface area contributed by atoms with E-state index in [1.54, 1.807) is 49.4 Å². The van der Waals surface area contributed by atoms with E-state index in [9.17, 15) is 13.2 Å². The smallest absolute Gasteiger partial charge is 0.326 e. The van der Waals surface area contributed by atoms with Crippen molar-refractivity contribution in [3.05, 3.63) is 126 Å². The van der Waals surface area contributed by atoms with Crippen LogP contribution in [-0.4, -0.2) is 37.1 Å². The van der Waals surface area contributed by atoms with Gasteiger partial charge in [0.2, 0.25) is 0 Å². The van der Waals surface area contributed by atoms with Gasteiger partial charge in [-0.05, 0) is 60.5 Å². The molecule has 0 aliphatic carbocycles. The van der Waals surface area contributed by atoms with Crippen LogP contribution in [0.2, 0.25) is 0 Å². The first-order valence-electron chi connectivity index (χ1n) is 13.1. The van der Waals surface area contributed by atoms with Gasteiger partial charge in [-0.25, -0.2) is 13.4 Å². The molecular weight excluding hydrogens is 536 g/mol. The standard InChI is InChI=1S/C32H28N4O4S/c1-2-40-32(37)23-36(41(38,39)28-11-7-4-8-12-28)27-17-18-30-29(20-27)34-31(19-24-13-15-25(21-33)16-14-24)35(30)22-26-9-5-3-6-10-26/h3-18,20H,2,19,22-23H2,1H3. The van der Waals surface area contributed by atoms with Crippen LogP contribution in [0.25, 0.3) is 11.0 Å². The van der Waals surface area contributed by atoms with Crippen molar-refractivity contribution in [3.8, 4) is 6.07 Å². The van der Waals surface area contributed by atoms with E-state index < -0.39 is 22.5 Å². The average Bonchev–Trinajstić information content (AvgIpc) is 3.33. The van der Waals surface area contributed by atoms with Gasteiger partial charge >= 0.3 is 5.97 Å². The fraction of sp³-hybridized carbons (Fsp3) is 0.156. The van der Waals surface area contributed by atoms with Crippen LogP contribution in [0, 0.1) is 11.3 Å². The molecule has 9 heteroatoms. The Labute approximate surface area is 239 Å². The molecule has 0 amide bonds. The van der Waals surface area contributed by atoms with Crippen LogP contribution in [-0.2, 0) is 32.5 Å². The van der Waals surface area contributed by atoms with Gasteiger partial charge in [0, 0.05) is 13.0 Å². The Morgan fingerprint density at radius 1 is 0.927 bits per heavy atom. The summed E-state index contributed by atoms with van der Waals surface area (Å²) in [6, 6.07) is 32.7. The minimum atomic E-state index is -4.07. The molecule has 0 saturated carbocycles. The van der Waals surface area contributed by atoms with E-state index in [-0.39, 0.29) is 11.5 Å². The highest BCUT2D eigenvalue weighted by molar-refractivity contribution is 7.92. The molecule has 206 valence electrons. The van der Waals surface area contributed by atoms with Gasteiger partial charge < -0.3 is 9.30 Å². The number of imidazole rings is 1. The summed E-state index contributed by atoms with van der Waals surface area (Å²) in [6.45, 7) is 1.91. The molecule has 5 rings (SSSR count). The number of esters is 1. The predicted octanol–water partition coefficient (Wildman–Crippen LogP) is 5.31. The predicted molar refractivity (Wildman–Crippen MR) is 157 cm³/mol. The number of nitriles is 1. The zero-order chi connectivity index (χ0) is 28.8. The Kier molecular flexibility index (Phi) is 8.13. The maximum absolute atomic E-state index is 13.7. The largest absolute Gasteiger partial charge is 0.465 e. The zero-order valence-electron chi connectivity index (χ0n) is 22.5. The van der Waals surface area contributed by atoms with E-state index in [2.05, 4.69) is 10.6 Å². The van der Waals surface area contributed by atoms with E-state index in [1.807, 2.05) is 48.5 Å². The van der Waals surface area contributed by atoms with Crippen LogP contribution in [0.4, 0.5) is 5.69 Å². The third kappa shape index (κ3) is 6.13. The molecule has 0 spiro atoms. The van der Waals surface area contributed by atoms with E-state index in [4.69, 9.17) is 15.0 Å². The summed E-state index contributed by atoms with van der Waals surface area (Å²) in [5.41, 5.74) is 4.40. The van der Waals surface area contributed by atoms with Crippen molar-refractivity contribution >= 4 is 32.7 Å². The molecule has 0 atom stereocenters. The van der Waals surface area contributed by atoms with E-state index in [1.165, 1.54) is 12.1 Å². The summed E-state index contributed by atoms with van der Waals surface area (Å²) >= 11 is 0. The van der Waals surface area contributed by atoms with Crippen molar-refractivity contribution < 1.29 is 17.9 Å². The highest BCUT2D eigenvalue weighted by Crippen LogP contribution is 2.29. The number of rotatable bonds is 10. The monoisotopic (exact) mass is 564 g/mol. The molecule has 4 aromatic carbocycles. The normalized spacial score (nSPS) is 11.2. The molecular formula is C32H28N4O4S. The van der Waals surface area contributed by atoms with Gasteiger partial charge in [-0.1, -0.05) is 60.7 Å². The van der Waals surface area contributed by atoms with Crippen LogP contribution in [0.1, 0.15) is 29.4 Å². The highest BCUT2D eigenvalue weighted by Gasteiger charge is 2.28. The molecule has 5 aromatic rings. The van der Waals surface area contributed by atoms with Crippen molar-refractivity contribution in [2.24, 2.45) is 0 Å². The van der Waals surface area contributed by atoms with E-state index in [0.717, 1.165) is 26.8 Å². The van der Waals surface area contributed by atoms with Crippen LogP contribution < -0.4 is 4.31 Å². The molecule has 0 bridgehead atoms. The van der Waals surface area contributed by atoms with Gasteiger partial charge in [-0.15, -0.1) is 0 Å². The lowest BCUT2D eigenvalue weighted by Gasteiger charge is -2.23. The van der Waals surface area contributed by atoms with Crippen molar-refractivity contribution in [2.45, 2.75) is 24.8 Å². The summed E-state index contributed by atoms with van der Waals surface area (Å²) in [6.07, 6.45) is 0.511. The average molecular weight is 565 g/mol. The first-order valence-corrected chi connectivity index (χ1v) is 14.6. The molecule has 0 N–H and O–H groups in total. The lowest BCUT2D eigenvalue weighted by Crippen LogP contribution is -2.36. The second-order valence-corrected chi connectivity index (χ2v) is 11.3. The van der Waals surface area contributed by atoms with E-state index >= 15 is 0 Å². The minimum absolute atomic E-state index is 0.0699. The van der Waals surface area contributed by atoms with E-state index in [0.29, 0.717) is 29.7 Å². The van der Waals surface area contributed by atoms with Crippen molar-refractivity contribution in [1.29, 1.82) is 5.26 Å². The molecule has 8 nitrogen and oxygen atoms in total. The number of fused-ring (bicyclic) bond motifs is 1. The van der Waals surface area contributed by atoms with Gasteiger partial charge in [0.05, 0.1) is 39.9 Å². The first kappa shape index (κ1) is 27.6. The third-order valence-electron chi connectivity index (χ3n) is 6.64. The topological polar surface area (TPSA) is 105 Å². The summed E-state index contributed by atoms with van der Waals surface area (Å²) in [4.78, 5) is 17.5. The van der Waals surface area contributed by atoms with Gasteiger partial charge in [-0.2, -0.15) is 5.26 Å². The van der Waals surface area contributed by atoms with Gasteiger partial charge in [-0.3, -0.25) is 9.10 Å². The Balaban J connectivity index is 1.60. The van der Waals surface area contributed by atoms with Crippen molar-refractivity contribution in [2.75, 3.05) is 17.5 Å². The molecule has 1 aromatic heterocycles. The molecule has 0 saturated heterocycles. The number of anilines is 1. The Bertz CT molecular complexity index is 1810. The number of carbonyl (C=O) groups is 1. The number of nitrogens with zero attached hydrogens (tertiary/aromatic N) is 4. The maximum Gasteiger partial charge on any atom is 0.326 e. The van der Waals surface area contributed by atoms with Gasteiger partial charge in [0.25, 0.3) is 10.0 Å². The highest BCUT2D eigenvalue weighted by atomic mass is 32.2. The second kappa shape index (κ2) is 12.1. The number of carbonyl (C=O) groups excluding carboxylic acids is 1. The fourth-order valence-electron chi connectivity index (χ4n) is 4.64. The molecule has 0 aliphatic heterocycles. The Hall–Kier alpha value is -4.94. The SMILES string of the molecule is CCOC(=O)CN(c1ccc2c(c1)nc(Cc1ccc(C#N)cc1)n2Cc1ccccc1)S(=O)(=O)c1ccccc1. The minimum Gasteiger partial charge on any atom is -0.465 e. The van der Waals surface area contributed by atoms with Gasteiger partial charge in [0.1, 0.15) is 12.4 Å². The number of ether oxygens (including phenoxy) is 1. The second-order valence-electron chi connectivity index (χ2n) is 9.39. The number of hydrogen-bond acceptors (Lipinski definition) is 6. The molecule has 1 heterocycles. The van der Waals surface area contributed by atoms with Crippen molar-refractivity contribution in [1.82, 2.24) is 9.55 Å².